The van der Waals surface area contributed by atoms with E-state index in [9.17, 15) is 14.5 Å². The van der Waals surface area contributed by atoms with Crippen LogP contribution >= 0.6 is 31.9 Å². The summed E-state index contributed by atoms with van der Waals surface area (Å²) in [6, 6.07) is 9.02. The van der Waals surface area contributed by atoms with Crippen molar-refractivity contribution in [3.63, 3.8) is 0 Å². The van der Waals surface area contributed by atoms with Gasteiger partial charge in [0.1, 0.15) is 18.2 Å². The first-order chi connectivity index (χ1) is 10.0. The Labute approximate surface area is 137 Å². The van der Waals surface area contributed by atoms with E-state index < -0.39 is 4.92 Å². The largest absolute Gasteiger partial charge is 0.488 e. The lowest BCUT2D eigenvalue weighted by molar-refractivity contribution is -0.384. The second kappa shape index (κ2) is 7.00. The van der Waals surface area contributed by atoms with Crippen molar-refractivity contribution in [1.82, 2.24) is 0 Å². The topological polar surface area (TPSA) is 52.4 Å². The summed E-state index contributed by atoms with van der Waals surface area (Å²) < 4.78 is 19.9. The predicted octanol–water partition coefficient (Wildman–Crippen LogP) is 4.97. The zero-order valence-corrected chi connectivity index (χ0v) is 13.9. The van der Waals surface area contributed by atoms with E-state index >= 15 is 0 Å². The van der Waals surface area contributed by atoms with Crippen molar-refractivity contribution in [3.05, 3.63) is 67.9 Å². The molecule has 0 aliphatic carbocycles. The van der Waals surface area contributed by atoms with E-state index in [1.54, 1.807) is 12.1 Å². The molecule has 0 aliphatic heterocycles. The van der Waals surface area contributed by atoms with Crippen LogP contribution in [0.2, 0.25) is 0 Å². The second-order valence-corrected chi connectivity index (χ2v) is 5.68. The monoisotopic (exact) mass is 417 g/mol. The zero-order chi connectivity index (χ0) is 15.4. The number of benzene rings is 2. The molecule has 0 radical (unpaired) electrons. The van der Waals surface area contributed by atoms with Gasteiger partial charge in [-0.1, -0.05) is 37.9 Å². The van der Waals surface area contributed by atoms with Gasteiger partial charge in [0.25, 0.3) is 5.69 Å². The molecule has 0 aromatic heterocycles. The number of alkyl halides is 1. The lowest BCUT2D eigenvalue weighted by Gasteiger charge is -2.10. The van der Waals surface area contributed by atoms with Crippen LogP contribution in [-0.2, 0) is 11.9 Å². The summed E-state index contributed by atoms with van der Waals surface area (Å²) in [4.78, 5) is 10.3. The van der Waals surface area contributed by atoms with Gasteiger partial charge in [0, 0.05) is 33.1 Å². The molecule has 7 heteroatoms. The smallest absolute Gasteiger partial charge is 0.270 e. The molecule has 0 saturated carbocycles. The molecule has 0 N–H and O–H groups in total. The van der Waals surface area contributed by atoms with Gasteiger partial charge in [0.15, 0.2) is 0 Å². The third-order valence-corrected chi connectivity index (χ3v) is 3.89. The molecule has 0 saturated heterocycles. The van der Waals surface area contributed by atoms with Gasteiger partial charge >= 0.3 is 0 Å². The van der Waals surface area contributed by atoms with Crippen LogP contribution in [0.3, 0.4) is 0 Å². The Morgan fingerprint density at radius 2 is 1.95 bits per heavy atom. The number of ether oxygens (including phenoxy) is 1. The normalized spacial score (nSPS) is 10.4. The standard InChI is InChI=1S/C14H10Br2FNO3/c15-7-10-5-12(18(19)20)3-4-14(10)21-8-9-1-2-11(16)6-13(9)17/h1-6H,7-8H2. The van der Waals surface area contributed by atoms with Crippen molar-refractivity contribution < 1.29 is 14.1 Å². The Morgan fingerprint density at radius 1 is 1.19 bits per heavy atom. The van der Waals surface area contributed by atoms with E-state index in [1.165, 1.54) is 24.3 Å². The summed E-state index contributed by atoms with van der Waals surface area (Å²) in [7, 11) is 0. The lowest BCUT2D eigenvalue weighted by atomic mass is 10.2. The highest BCUT2D eigenvalue weighted by atomic mass is 79.9. The Kier molecular flexibility index (Phi) is 5.30. The summed E-state index contributed by atoms with van der Waals surface area (Å²) in [6.45, 7) is 0.0525. The molecule has 2 rings (SSSR count). The highest BCUT2D eigenvalue weighted by molar-refractivity contribution is 9.10. The lowest BCUT2D eigenvalue weighted by Crippen LogP contribution is -2.01. The molecule has 0 unspecified atom stereocenters. The van der Waals surface area contributed by atoms with Crippen molar-refractivity contribution in [2.45, 2.75) is 11.9 Å². The quantitative estimate of drug-likeness (QED) is 0.391. The van der Waals surface area contributed by atoms with Crippen molar-refractivity contribution in [2.24, 2.45) is 0 Å². The molecule has 0 amide bonds. The fourth-order valence-corrected chi connectivity index (χ4v) is 2.49. The fraction of sp³-hybridized carbons (Fsp3) is 0.143. The maximum Gasteiger partial charge on any atom is 0.270 e. The van der Waals surface area contributed by atoms with Crippen molar-refractivity contribution in [1.29, 1.82) is 0 Å². The zero-order valence-electron chi connectivity index (χ0n) is 10.7. The van der Waals surface area contributed by atoms with Crippen LogP contribution in [0.1, 0.15) is 11.1 Å². The van der Waals surface area contributed by atoms with Gasteiger partial charge in [-0.05, 0) is 18.2 Å². The van der Waals surface area contributed by atoms with Crippen LogP contribution in [0.25, 0.3) is 0 Å². The number of halogens is 3. The molecular formula is C14H10Br2FNO3. The number of non-ortho nitro benzene ring substituents is 1. The van der Waals surface area contributed by atoms with E-state index in [0.29, 0.717) is 26.7 Å². The highest BCUT2D eigenvalue weighted by Gasteiger charge is 2.12. The number of nitro groups is 1. The van der Waals surface area contributed by atoms with Gasteiger partial charge in [0.2, 0.25) is 0 Å². The first kappa shape index (κ1) is 15.9. The predicted molar refractivity (Wildman–Crippen MR) is 84.2 cm³/mol. The second-order valence-electron chi connectivity index (χ2n) is 4.21. The first-order valence-corrected chi connectivity index (χ1v) is 7.82. The Bertz CT molecular complexity index is 679. The van der Waals surface area contributed by atoms with Crippen LogP contribution in [0.5, 0.6) is 5.75 Å². The minimum Gasteiger partial charge on any atom is -0.488 e. The number of hydrogen-bond donors (Lipinski definition) is 0. The summed E-state index contributed by atoms with van der Waals surface area (Å²) in [5.41, 5.74) is 1.05. The van der Waals surface area contributed by atoms with Gasteiger partial charge in [-0.2, -0.15) is 0 Å². The van der Waals surface area contributed by atoms with Crippen LogP contribution in [0.4, 0.5) is 10.1 Å². The Balaban J connectivity index is 2.17. The molecule has 0 heterocycles. The summed E-state index contributed by atoms with van der Waals surface area (Å²) in [5.74, 6) is 0.117. The van der Waals surface area contributed by atoms with Gasteiger partial charge in [-0.25, -0.2) is 4.39 Å². The van der Waals surface area contributed by atoms with Crippen LogP contribution in [-0.4, -0.2) is 4.92 Å². The van der Waals surface area contributed by atoms with E-state index in [0.717, 1.165) is 0 Å². The first-order valence-electron chi connectivity index (χ1n) is 5.91. The van der Waals surface area contributed by atoms with Gasteiger partial charge in [0.05, 0.1) is 4.92 Å². The average Bonchev–Trinajstić information content (AvgIpc) is 2.46. The minimum absolute atomic E-state index is 0.00776. The number of nitrogens with zero attached hydrogens (tertiary/aromatic N) is 1. The molecule has 0 bridgehead atoms. The van der Waals surface area contributed by atoms with Gasteiger partial charge in [-0.3, -0.25) is 10.1 Å². The highest BCUT2D eigenvalue weighted by Crippen LogP contribution is 2.27. The maximum atomic E-state index is 13.7. The van der Waals surface area contributed by atoms with Crippen LogP contribution in [0.15, 0.2) is 40.9 Å². The Hall–Kier alpha value is -1.47. The minimum atomic E-state index is -0.468. The molecule has 0 aliphatic rings. The molecular weight excluding hydrogens is 409 g/mol. The molecule has 2 aromatic rings. The third-order valence-electron chi connectivity index (χ3n) is 2.80. The fourth-order valence-electron chi connectivity index (χ4n) is 1.72. The summed E-state index contributed by atoms with van der Waals surface area (Å²) >= 11 is 6.44. The molecule has 4 nitrogen and oxygen atoms in total. The molecule has 0 atom stereocenters. The van der Waals surface area contributed by atoms with E-state index in [4.69, 9.17) is 4.74 Å². The van der Waals surface area contributed by atoms with E-state index in [2.05, 4.69) is 31.9 Å². The summed E-state index contributed by atoms with van der Waals surface area (Å²) in [6.07, 6.45) is 0. The van der Waals surface area contributed by atoms with Crippen LogP contribution < -0.4 is 4.74 Å². The van der Waals surface area contributed by atoms with Crippen molar-refractivity contribution in [3.8, 4) is 5.75 Å². The van der Waals surface area contributed by atoms with Crippen molar-refractivity contribution in [2.75, 3.05) is 0 Å². The SMILES string of the molecule is O=[N+]([O-])c1ccc(OCc2ccc(Br)cc2F)c(CBr)c1. The number of nitro benzene ring substituents is 1. The molecule has 2 aromatic carbocycles. The average molecular weight is 419 g/mol. The Morgan fingerprint density at radius 3 is 2.57 bits per heavy atom. The molecule has 110 valence electrons. The van der Waals surface area contributed by atoms with Crippen molar-refractivity contribution >= 4 is 37.5 Å². The molecule has 0 spiro atoms. The number of hydrogen-bond acceptors (Lipinski definition) is 3. The number of rotatable bonds is 5. The van der Waals surface area contributed by atoms with E-state index in [1.807, 2.05) is 0 Å². The third kappa shape index (κ3) is 4.01. The molecule has 0 fully saturated rings. The van der Waals surface area contributed by atoms with Crippen LogP contribution in [0, 0.1) is 15.9 Å². The van der Waals surface area contributed by atoms with E-state index in [-0.39, 0.29) is 18.1 Å². The molecule has 21 heavy (non-hydrogen) atoms. The van der Waals surface area contributed by atoms with Gasteiger partial charge < -0.3 is 4.74 Å². The van der Waals surface area contributed by atoms with Gasteiger partial charge in [-0.15, -0.1) is 0 Å². The maximum absolute atomic E-state index is 13.7. The summed E-state index contributed by atoms with van der Waals surface area (Å²) in [5, 5.41) is 11.1.